The minimum atomic E-state index is -0.553. The van der Waals surface area contributed by atoms with Crippen LogP contribution in [0.25, 0.3) is 0 Å². The van der Waals surface area contributed by atoms with Gasteiger partial charge in [0.1, 0.15) is 11.0 Å². The maximum atomic E-state index is 10.5. The number of aliphatic hydroxyl groups is 1. The van der Waals surface area contributed by atoms with Gasteiger partial charge in [0.05, 0.1) is 23.7 Å². The molecule has 0 aliphatic rings. The standard InChI is InChI=1S/C8H10ClN3O3/c1-5(4-13)10-8-3-6(12(14)15)2-7(9)11-8/h2-3,5,13H,4H2,1H3,(H,10,11). The third-order valence-electron chi connectivity index (χ3n) is 1.66. The summed E-state index contributed by atoms with van der Waals surface area (Å²) < 4.78 is 0. The Morgan fingerprint density at radius 1 is 1.73 bits per heavy atom. The van der Waals surface area contributed by atoms with Crippen LogP contribution in [0.15, 0.2) is 12.1 Å². The Kier molecular flexibility index (Phi) is 3.81. The lowest BCUT2D eigenvalue weighted by molar-refractivity contribution is -0.384. The maximum Gasteiger partial charge on any atom is 0.276 e. The van der Waals surface area contributed by atoms with E-state index in [1.54, 1.807) is 6.92 Å². The second kappa shape index (κ2) is 4.90. The topological polar surface area (TPSA) is 88.3 Å². The van der Waals surface area contributed by atoms with Gasteiger partial charge in [0.25, 0.3) is 5.69 Å². The predicted molar refractivity (Wildman–Crippen MR) is 56.1 cm³/mol. The Bertz CT molecular complexity index is 372. The first-order chi connectivity index (χ1) is 7.02. The SMILES string of the molecule is CC(CO)Nc1cc([N+](=O)[O-])cc(Cl)n1. The van der Waals surface area contributed by atoms with E-state index in [2.05, 4.69) is 10.3 Å². The predicted octanol–water partition coefficient (Wildman–Crippen LogP) is 1.44. The van der Waals surface area contributed by atoms with Crippen molar-refractivity contribution in [1.29, 1.82) is 0 Å². The average Bonchev–Trinajstić information content (AvgIpc) is 2.16. The van der Waals surface area contributed by atoms with E-state index in [1.165, 1.54) is 6.07 Å². The molecule has 1 heterocycles. The number of aromatic nitrogens is 1. The number of hydrogen-bond acceptors (Lipinski definition) is 5. The van der Waals surface area contributed by atoms with Crippen LogP contribution in [0.3, 0.4) is 0 Å². The Morgan fingerprint density at radius 2 is 2.40 bits per heavy atom. The number of anilines is 1. The largest absolute Gasteiger partial charge is 0.394 e. The van der Waals surface area contributed by atoms with Crippen molar-refractivity contribution >= 4 is 23.1 Å². The Morgan fingerprint density at radius 3 is 2.93 bits per heavy atom. The zero-order chi connectivity index (χ0) is 11.4. The summed E-state index contributed by atoms with van der Waals surface area (Å²) in [4.78, 5) is 13.8. The Balaban J connectivity index is 2.93. The minimum Gasteiger partial charge on any atom is -0.394 e. The van der Waals surface area contributed by atoms with Gasteiger partial charge in [0, 0.05) is 6.04 Å². The summed E-state index contributed by atoms with van der Waals surface area (Å²) in [5.41, 5.74) is -0.136. The van der Waals surface area contributed by atoms with Gasteiger partial charge < -0.3 is 10.4 Å². The summed E-state index contributed by atoms with van der Waals surface area (Å²) in [7, 11) is 0. The van der Waals surface area contributed by atoms with Gasteiger partial charge in [-0.15, -0.1) is 0 Å². The van der Waals surface area contributed by atoms with Crippen LogP contribution in [0.1, 0.15) is 6.92 Å². The van der Waals surface area contributed by atoms with E-state index in [4.69, 9.17) is 16.7 Å². The van der Waals surface area contributed by atoms with Crippen LogP contribution in [0.5, 0.6) is 0 Å². The van der Waals surface area contributed by atoms with Gasteiger partial charge in [-0.1, -0.05) is 11.6 Å². The van der Waals surface area contributed by atoms with Crippen molar-refractivity contribution < 1.29 is 10.0 Å². The first-order valence-electron chi connectivity index (χ1n) is 4.22. The lowest BCUT2D eigenvalue weighted by Gasteiger charge is -2.10. The first-order valence-corrected chi connectivity index (χ1v) is 4.60. The van der Waals surface area contributed by atoms with E-state index in [0.717, 1.165) is 6.07 Å². The lowest BCUT2D eigenvalue weighted by atomic mass is 10.3. The van der Waals surface area contributed by atoms with E-state index < -0.39 is 4.92 Å². The van der Waals surface area contributed by atoms with E-state index in [1.807, 2.05) is 0 Å². The molecule has 0 saturated carbocycles. The van der Waals surface area contributed by atoms with E-state index >= 15 is 0 Å². The molecule has 0 amide bonds. The molecule has 7 heteroatoms. The molecule has 1 aromatic heterocycles. The van der Waals surface area contributed by atoms with Crippen molar-refractivity contribution in [2.75, 3.05) is 11.9 Å². The van der Waals surface area contributed by atoms with Crippen molar-refractivity contribution in [2.24, 2.45) is 0 Å². The molecule has 2 N–H and O–H groups in total. The molecule has 0 spiro atoms. The summed E-state index contributed by atoms with van der Waals surface area (Å²) >= 11 is 5.60. The van der Waals surface area contributed by atoms with Gasteiger partial charge in [-0.05, 0) is 6.92 Å². The number of hydrogen-bond donors (Lipinski definition) is 2. The Labute approximate surface area is 91.0 Å². The highest BCUT2D eigenvalue weighted by Crippen LogP contribution is 2.20. The molecule has 0 aliphatic heterocycles. The molecule has 15 heavy (non-hydrogen) atoms. The van der Waals surface area contributed by atoms with Crippen LogP contribution in [0.4, 0.5) is 11.5 Å². The van der Waals surface area contributed by atoms with Crippen LogP contribution in [0, 0.1) is 10.1 Å². The molecule has 0 aliphatic carbocycles. The van der Waals surface area contributed by atoms with Gasteiger partial charge in [-0.2, -0.15) is 0 Å². The summed E-state index contributed by atoms with van der Waals surface area (Å²) in [5.74, 6) is 0.274. The third kappa shape index (κ3) is 3.34. The summed E-state index contributed by atoms with van der Waals surface area (Å²) in [6, 6.07) is 2.18. The number of rotatable bonds is 4. The van der Waals surface area contributed by atoms with Crippen molar-refractivity contribution in [3.05, 3.63) is 27.4 Å². The van der Waals surface area contributed by atoms with E-state index in [-0.39, 0.29) is 29.3 Å². The van der Waals surface area contributed by atoms with E-state index in [0.29, 0.717) is 0 Å². The molecule has 6 nitrogen and oxygen atoms in total. The molecule has 1 unspecified atom stereocenters. The van der Waals surface area contributed by atoms with Crippen molar-refractivity contribution in [3.63, 3.8) is 0 Å². The molecule has 0 bridgehead atoms. The first kappa shape index (κ1) is 11.7. The number of nitrogens with zero attached hydrogens (tertiary/aromatic N) is 2. The number of nitrogens with one attached hydrogen (secondary N) is 1. The highest BCUT2D eigenvalue weighted by molar-refractivity contribution is 6.29. The fourth-order valence-corrected chi connectivity index (χ4v) is 1.16. The van der Waals surface area contributed by atoms with Gasteiger partial charge in [-0.25, -0.2) is 4.98 Å². The minimum absolute atomic E-state index is 0.0387. The van der Waals surface area contributed by atoms with Crippen LogP contribution in [-0.4, -0.2) is 27.7 Å². The highest BCUT2D eigenvalue weighted by atomic mass is 35.5. The lowest BCUT2D eigenvalue weighted by Crippen LogP contribution is -2.20. The van der Waals surface area contributed by atoms with Gasteiger partial charge in [0.15, 0.2) is 0 Å². The van der Waals surface area contributed by atoms with Crippen LogP contribution in [0.2, 0.25) is 5.15 Å². The summed E-state index contributed by atoms with van der Waals surface area (Å²) in [6.07, 6.45) is 0. The molecular weight excluding hydrogens is 222 g/mol. The molecular formula is C8H10ClN3O3. The van der Waals surface area contributed by atoms with Crippen LogP contribution < -0.4 is 5.32 Å². The van der Waals surface area contributed by atoms with Crippen molar-refractivity contribution in [3.8, 4) is 0 Å². The molecule has 0 aromatic carbocycles. The highest BCUT2D eigenvalue weighted by Gasteiger charge is 2.11. The number of aliphatic hydroxyl groups excluding tert-OH is 1. The molecule has 0 radical (unpaired) electrons. The molecule has 82 valence electrons. The van der Waals surface area contributed by atoms with E-state index in [9.17, 15) is 10.1 Å². The number of pyridine rings is 1. The van der Waals surface area contributed by atoms with Gasteiger partial charge in [0.2, 0.25) is 0 Å². The zero-order valence-corrected chi connectivity index (χ0v) is 8.73. The summed E-state index contributed by atoms with van der Waals surface area (Å²) in [6.45, 7) is 1.62. The number of nitro groups is 1. The smallest absolute Gasteiger partial charge is 0.276 e. The van der Waals surface area contributed by atoms with Crippen LogP contribution in [-0.2, 0) is 0 Å². The monoisotopic (exact) mass is 231 g/mol. The quantitative estimate of drug-likeness (QED) is 0.465. The molecule has 0 fully saturated rings. The normalized spacial score (nSPS) is 12.2. The second-order valence-corrected chi connectivity index (χ2v) is 3.41. The fraction of sp³-hybridized carbons (Fsp3) is 0.375. The molecule has 1 atom stereocenters. The molecule has 1 aromatic rings. The van der Waals surface area contributed by atoms with Crippen molar-refractivity contribution in [1.82, 2.24) is 4.98 Å². The van der Waals surface area contributed by atoms with Crippen LogP contribution >= 0.6 is 11.6 Å². The fourth-order valence-electron chi connectivity index (χ4n) is 0.961. The molecule has 1 rings (SSSR count). The zero-order valence-electron chi connectivity index (χ0n) is 7.98. The Hall–Kier alpha value is -1.40. The van der Waals surface area contributed by atoms with Gasteiger partial charge in [-0.3, -0.25) is 10.1 Å². The summed E-state index contributed by atoms with van der Waals surface area (Å²) in [5, 5.41) is 22.1. The van der Waals surface area contributed by atoms with Gasteiger partial charge >= 0.3 is 0 Å². The molecule has 0 saturated heterocycles. The third-order valence-corrected chi connectivity index (χ3v) is 1.85. The van der Waals surface area contributed by atoms with Crippen molar-refractivity contribution in [2.45, 2.75) is 13.0 Å². The maximum absolute atomic E-state index is 10.5. The number of halogens is 1. The second-order valence-electron chi connectivity index (χ2n) is 3.02. The average molecular weight is 232 g/mol.